The number of nitrogens with two attached hydrogens (primary N) is 1. The Balaban J connectivity index is 2.67. The van der Waals surface area contributed by atoms with Crippen molar-refractivity contribution in [3.63, 3.8) is 0 Å². The molecule has 5 nitrogen and oxygen atoms in total. The summed E-state index contributed by atoms with van der Waals surface area (Å²) in [5.74, 6) is -0.272. The van der Waals surface area contributed by atoms with Gasteiger partial charge in [-0.1, -0.05) is 53.7 Å². The largest absolute Gasteiger partial charge is 0.449 e. The Hall–Kier alpha value is -1.40. The van der Waals surface area contributed by atoms with Crippen LogP contribution >= 0.6 is 0 Å². The van der Waals surface area contributed by atoms with Gasteiger partial charge in [-0.25, -0.2) is 4.79 Å². The summed E-state index contributed by atoms with van der Waals surface area (Å²) in [6.07, 6.45) is 1.84. The minimum atomic E-state index is -1.83. The first-order valence-corrected chi connectivity index (χ1v) is 12.6. The highest BCUT2D eigenvalue weighted by atomic mass is 28.4. The molecule has 28 heavy (non-hydrogen) atoms. The maximum absolute atomic E-state index is 12.3. The van der Waals surface area contributed by atoms with E-state index in [-0.39, 0.29) is 18.3 Å². The SMILES string of the molecule is C=C1C(=O)C(C)=C(CCCCO[Si](C(C)C)(C(C)C)C(C)C)C1COC(N)=O. The van der Waals surface area contributed by atoms with Crippen molar-refractivity contribution in [2.45, 2.75) is 84.4 Å². The number of allylic oxidation sites excluding steroid dienone is 1. The number of ketones is 1. The minimum Gasteiger partial charge on any atom is -0.449 e. The summed E-state index contributed by atoms with van der Waals surface area (Å²) in [6, 6.07) is 0. The smallest absolute Gasteiger partial charge is 0.404 e. The Morgan fingerprint density at radius 3 is 2.11 bits per heavy atom. The first-order chi connectivity index (χ1) is 13.0. The molecule has 2 N–H and O–H groups in total. The first-order valence-electron chi connectivity index (χ1n) is 10.5. The van der Waals surface area contributed by atoms with E-state index in [0.717, 1.165) is 37.0 Å². The van der Waals surface area contributed by atoms with Gasteiger partial charge in [0, 0.05) is 18.1 Å². The van der Waals surface area contributed by atoms with E-state index in [9.17, 15) is 9.59 Å². The Bertz CT molecular complexity index is 600. The van der Waals surface area contributed by atoms with E-state index in [1.165, 1.54) is 0 Å². The molecule has 0 aromatic rings. The van der Waals surface area contributed by atoms with Crippen molar-refractivity contribution >= 4 is 20.2 Å². The number of hydrogen-bond acceptors (Lipinski definition) is 4. The molecule has 0 saturated carbocycles. The van der Waals surface area contributed by atoms with Crippen LogP contribution in [0.15, 0.2) is 23.3 Å². The van der Waals surface area contributed by atoms with Crippen LogP contribution in [-0.4, -0.2) is 33.4 Å². The fraction of sp³-hybridized carbons (Fsp3) is 0.727. The molecule has 0 bridgehead atoms. The maximum Gasteiger partial charge on any atom is 0.404 e. The van der Waals surface area contributed by atoms with E-state index < -0.39 is 14.4 Å². The highest BCUT2D eigenvalue weighted by molar-refractivity contribution is 6.77. The van der Waals surface area contributed by atoms with Crippen LogP contribution in [0.1, 0.15) is 67.7 Å². The lowest BCUT2D eigenvalue weighted by Gasteiger charge is -2.42. The van der Waals surface area contributed by atoms with Gasteiger partial charge in [0.1, 0.15) is 6.61 Å². The molecule has 0 aromatic carbocycles. The van der Waals surface area contributed by atoms with Crippen molar-refractivity contribution < 1.29 is 18.8 Å². The van der Waals surface area contributed by atoms with Crippen molar-refractivity contribution in [1.82, 2.24) is 0 Å². The van der Waals surface area contributed by atoms with E-state index in [0.29, 0.717) is 22.2 Å². The van der Waals surface area contributed by atoms with Gasteiger partial charge in [0.25, 0.3) is 0 Å². The second kappa shape index (κ2) is 10.4. The van der Waals surface area contributed by atoms with Crippen molar-refractivity contribution in [2.75, 3.05) is 13.2 Å². The maximum atomic E-state index is 12.3. The molecule has 160 valence electrons. The highest BCUT2D eigenvalue weighted by Gasteiger charge is 2.44. The summed E-state index contributed by atoms with van der Waals surface area (Å²) in [5.41, 5.74) is 9.05. The topological polar surface area (TPSA) is 78.6 Å². The van der Waals surface area contributed by atoms with Gasteiger partial charge in [-0.15, -0.1) is 0 Å². The van der Waals surface area contributed by atoms with Gasteiger partial charge in [-0.05, 0) is 48.4 Å². The zero-order chi connectivity index (χ0) is 21.6. The van der Waals surface area contributed by atoms with Crippen LogP contribution in [0.5, 0.6) is 0 Å². The molecule has 0 radical (unpaired) electrons. The minimum absolute atomic E-state index is 0.0323. The van der Waals surface area contributed by atoms with E-state index in [2.05, 4.69) is 48.1 Å². The summed E-state index contributed by atoms with van der Waals surface area (Å²) in [5, 5.41) is 0. The molecule has 1 aliphatic rings. The molecule has 0 aromatic heterocycles. The number of primary amides is 1. The molecule has 6 heteroatoms. The number of carbonyl (C=O) groups is 2. The lowest BCUT2D eigenvalue weighted by Crippen LogP contribution is -2.47. The number of Topliss-reactive ketones (excluding diaryl/α,β-unsaturated/α-hetero) is 1. The number of hydrogen-bond donors (Lipinski definition) is 1. The van der Waals surface area contributed by atoms with Crippen molar-refractivity contribution in [3.05, 3.63) is 23.3 Å². The third-order valence-corrected chi connectivity index (χ3v) is 12.4. The number of unbranched alkanes of at least 4 members (excludes halogenated alkanes) is 1. The number of carbonyl (C=O) groups excluding carboxylic acids is 2. The van der Waals surface area contributed by atoms with Crippen molar-refractivity contribution in [1.29, 1.82) is 0 Å². The first kappa shape index (κ1) is 24.6. The molecule has 0 saturated heterocycles. The zero-order valence-electron chi connectivity index (χ0n) is 18.8. The lowest BCUT2D eigenvalue weighted by atomic mass is 9.94. The van der Waals surface area contributed by atoms with Crippen molar-refractivity contribution in [2.24, 2.45) is 11.7 Å². The van der Waals surface area contributed by atoms with Gasteiger partial charge < -0.3 is 14.9 Å². The molecule has 0 fully saturated rings. The van der Waals surface area contributed by atoms with Crippen LogP contribution in [0.2, 0.25) is 16.6 Å². The second-order valence-electron chi connectivity index (χ2n) is 8.81. The summed E-state index contributed by atoms with van der Waals surface area (Å²) in [4.78, 5) is 23.2. The van der Waals surface area contributed by atoms with E-state index in [1.807, 2.05) is 6.92 Å². The second-order valence-corrected chi connectivity index (χ2v) is 14.3. The van der Waals surface area contributed by atoms with E-state index in [1.54, 1.807) is 0 Å². The van der Waals surface area contributed by atoms with Crippen LogP contribution < -0.4 is 5.73 Å². The summed E-state index contributed by atoms with van der Waals surface area (Å²) in [7, 11) is -1.83. The predicted octanol–water partition coefficient (Wildman–Crippen LogP) is 5.52. The third-order valence-electron chi connectivity index (χ3n) is 6.25. The van der Waals surface area contributed by atoms with Crippen LogP contribution in [0, 0.1) is 5.92 Å². The summed E-state index contributed by atoms with van der Waals surface area (Å²) in [6.45, 7) is 20.3. The number of ether oxygens (including phenoxy) is 1. The standard InChI is InChI=1S/C22H39NO4Si/c1-14(2)28(15(3)4,16(5)6)27-12-10-9-11-19-17(7)21(24)18(8)20(19)13-26-22(23)25/h14-16,20H,8-13H2,1-7H3,(H2,23,25). The number of rotatable bonds is 11. The highest BCUT2D eigenvalue weighted by Crippen LogP contribution is 2.42. The zero-order valence-corrected chi connectivity index (χ0v) is 19.8. The fourth-order valence-corrected chi connectivity index (χ4v) is 10.4. The molecule has 0 heterocycles. The van der Waals surface area contributed by atoms with Gasteiger partial charge in [0.2, 0.25) is 0 Å². The number of amides is 1. The normalized spacial score (nSPS) is 18.1. The Labute approximate surface area is 171 Å². The molecular weight excluding hydrogens is 370 g/mol. The third kappa shape index (κ3) is 5.35. The van der Waals surface area contributed by atoms with Gasteiger partial charge in [-0.2, -0.15) is 0 Å². The van der Waals surface area contributed by atoms with Crippen LogP contribution in [0.4, 0.5) is 4.79 Å². The van der Waals surface area contributed by atoms with Gasteiger partial charge >= 0.3 is 6.09 Å². The quantitative estimate of drug-likeness (QED) is 0.277. The molecule has 1 rings (SSSR count). The molecule has 1 aliphatic carbocycles. The molecule has 1 amide bonds. The van der Waals surface area contributed by atoms with E-state index >= 15 is 0 Å². The average molecular weight is 410 g/mol. The lowest BCUT2D eigenvalue weighted by molar-refractivity contribution is -0.112. The summed E-state index contributed by atoms with van der Waals surface area (Å²) < 4.78 is 11.6. The molecule has 0 spiro atoms. The van der Waals surface area contributed by atoms with Crippen LogP contribution in [0.25, 0.3) is 0 Å². The van der Waals surface area contributed by atoms with E-state index in [4.69, 9.17) is 14.9 Å². The van der Waals surface area contributed by atoms with Gasteiger partial charge in [0.15, 0.2) is 14.1 Å². The van der Waals surface area contributed by atoms with Crippen LogP contribution in [0.3, 0.4) is 0 Å². The fourth-order valence-electron chi connectivity index (χ4n) is 4.91. The summed E-state index contributed by atoms with van der Waals surface area (Å²) >= 11 is 0. The average Bonchev–Trinajstić information content (AvgIpc) is 2.79. The predicted molar refractivity (Wildman–Crippen MR) is 117 cm³/mol. The molecule has 1 atom stereocenters. The Morgan fingerprint density at radius 1 is 1.11 bits per heavy atom. The Kier molecular flexibility index (Phi) is 9.15. The van der Waals surface area contributed by atoms with Gasteiger partial charge in [0.05, 0.1) is 0 Å². The Morgan fingerprint density at radius 2 is 1.64 bits per heavy atom. The molecule has 1 unspecified atom stereocenters. The van der Waals surface area contributed by atoms with Crippen molar-refractivity contribution in [3.8, 4) is 0 Å². The molecular formula is C22H39NO4Si. The molecule has 0 aliphatic heterocycles. The van der Waals surface area contributed by atoms with Crippen LogP contribution in [-0.2, 0) is 14.0 Å². The van der Waals surface area contributed by atoms with Gasteiger partial charge in [-0.3, -0.25) is 4.79 Å². The monoisotopic (exact) mass is 409 g/mol.